The molecule has 6 nitrogen and oxygen atoms in total. The fraction of sp³-hybridized carbons (Fsp3) is 0.238. The number of methoxy groups -OCH3 is 2. The van der Waals surface area contributed by atoms with Crippen molar-refractivity contribution in [1.29, 1.82) is 0 Å². The number of hydrogen-bond acceptors (Lipinski definition) is 6. The topological polar surface area (TPSA) is 75.0 Å². The summed E-state index contributed by atoms with van der Waals surface area (Å²) in [6, 6.07) is 10.3. The summed E-state index contributed by atoms with van der Waals surface area (Å²) in [6.07, 6.45) is 0. The molecule has 0 aliphatic heterocycles. The zero-order chi connectivity index (χ0) is 19.6. The van der Waals surface area contributed by atoms with Crippen LogP contribution in [0.1, 0.15) is 12.5 Å². The highest BCUT2D eigenvalue weighted by Crippen LogP contribution is 2.36. The van der Waals surface area contributed by atoms with Crippen molar-refractivity contribution in [2.45, 2.75) is 13.8 Å². The molecule has 0 saturated carbocycles. The SMILES string of the molecule is COc1ccc(OC)c(-c2c(C)c3cc(OCC(C)=O)ccc3oc2=O)c1. The second-order valence-electron chi connectivity index (χ2n) is 6.10. The average molecular weight is 368 g/mol. The van der Waals surface area contributed by atoms with E-state index in [0.717, 1.165) is 10.9 Å². The molecule has 6 heteroatoms. The van der Waals surface area contributed by atoms with Gasteiger partial charge in [0, 0.05) is 10.9 Å². The first-order chi connectivity index (χ1) is 12.9. The Morgan fingerprint density at radius 1 is 1.04 bits per heavy atom. The van der Waals surface area contributed by atoms with Crippen LogP contribution in [0.3, 0.4) is 0 Å². The van der Waals surface area contributed by atoms with Gasteiger partial charge in [0.1, 0.15) is 29.4 Å². The van der Waals surface area contributed by atoms with Gasteiger partial charge in [-0.15, -0.1) is 0 Å². The van der Waals surface area contributed by atoms with Crippen molar-refractivity contribution in [2.75, 3.05) is 20.8 Å². The maximum absolute atomic E-state index is 12.7. The Labute approximate surface area is 156 Å². The van der Waals surface area contributed by atoms with Crippen LogP contribution in [0.25, 0.3) is 22.1 Å². The van der Waals surface area contributed by atoms with Gasteiger partial charge in [-0.2, -0.15) is 0 Å². The van der Waals surface area contributed by atoms with Crippen LogP contribution in [0, 0.1) is 6.92 Å². The maximum atomic E-state index is 12.7. The second-order valence-corrected chi connectivity index (χ2v) is 6.10. The minimum absolute atomic E-state index is 0.0160. The fourth-order valence-corrected chi connectivity index (χ4v) is 2.93. The van der Waals surface area contributed by atoms with E-state index in [1.54, 1.807) is 43.5 Å². The Kier molecular flexibility index (Phi) is 5.16. The molecule has 27 heavy (non-hydrogen) atoms. The second kappa shape index (κ2) is 7.53. The first-order valence-electron chi connectivity index (χ1n) is 8.36. The predicted molar refractivity (Wildman–Crippen MR) is 102 cm³/mol. The lowest BCUT2D eigenvalue weighted by molar-refractivity contribution is -0.118. The smallest absolute Gasteiger partial charge is 0.344 e. The molecule has 1 heterocycles. The van der Waals surface area contributed by atoms with E-state index < -0.39 is 5.63 Å². The molecule has 0 amide bonds. The largest absolute Gasteiger partial charge is 0.497 e. The molecule has 0 radical (unpaired) electrons. The van der Waals surface area contributed by atoms with Crippen molar-refractivity contribution in [3.63, 3.8) is 0 Å². The van der Waals surface area contributed by atoms with Gasteiger partial charge < -0.3 is 18.6 Å². The number of fused-ring (bicyclic) bond motifs is 1. The van der Waals surface area contributed by atoms with E-state index in [-0.39, 0.29) is 12.4 Å². The van der Waals surface area contributed by atoms with E-state index in [1.807, 2.05) is 6.92 Å². The number of aryl methyl sites for hydroxylation is 1. The van der Waals surface area contributed by atoms with Gasteiger partial charge >= 0.3 is 5.63 Å². The van der Waals surface area contributed by atoms with Crippen LogP contribution < -0.4 is 19.8 Å². The molecule has 0 bridgehead atoms. The standard InChI is InChI=1S/C21H20O6/c1-12(22)11-26-15-6-8-19-16(10-15)13(2)20(21(23)27-19)17-9-14(24-3)5-7-18(17)25-4/h5-10H,11H2,1-4H3. The van der Waals surface area contributed by atoms with E-state index in [9.17, 15) is 9.59 Å². The number of Topliss-reactive ketones (excluding diaryl/α,β-unsaturated/α-hetero) is 1. The summed E-state index contributed by atoms with van der Waals surface area (Å²) < 4.78 is 21.7. The Morgan fingerprint density at radius 2 is 1.78 bits per heavy atom. The Bertz CT molecular complexity index is 1060. The van der Waals surface area contributed by atoms with Crippen LogP contribution >= 0.6 is 0 Å². The van der Waals surface area contributed by atoms with Crippen molar-refractivity contribution < 1.29 is 23.4 Å². The van der Waals surface area contributed by atoms with Crippen molar-refractivity contribution in [3.8, 4) is 28.4 Å². The zero-order valence-corrected chi connectivity index (χ0v) is 15.6. The normalized spacial score (nSPS) is 10.7. The summed E-state index contributed by atoms with van der Waals surface area (Å²) in [7, 11) is 3.09. The molecule has 1 aromatic heterocycles. The average Bonchev–Trinajstić information content (AvgIpc) is 2.66. The molecule has 2 aromatic carbocycles. The Balaban J connectivity index is 2.22. The van der Waals surface area contributed by atoms with E-state index in [2.05, 4.69) is 0 Å². The molecule has 0 spiro atoms. The molecule has 0 N–H and O–H groups in total. The molecule has 0 fully saturated rings. The molecule has 0 aliphatic carbocycles. The van der Waals surface area contributed by atoms with Gasteiger partial charge in [-0.25, -0.2) is 4.79 Å². The number of benzene rings is 2. The van der Waals surface area contributed by atoms with Crippen LogP contribution in [-0.4, -0.2) is 26.6 Å². The zero-order valence-electron chi connectivity index (χ0n) is 15.6. The third-order valence-electron chi connectivity index (χ3n) is 4.25. The van der Waals surface area contributed by atoms with Crippen LogP contribution in [0.5, 0.6) is 17.2 Å². The summed E-state index contributed by atoms with van der Waals surface area (Å²) in [5, 5.41) is 0.718. The summed E-state index contributed by atoms with van der Waals surface area (Å²) in [6.45, 7) is 3.28. The highest BCUT2D eigenvalue weighted by molar-refractivity contribution is 5.89. The van der Waals surface area contributed by atoms with Gasteiger partial charge in [0.2, 0.25) is 0 Å². The van der Waals surface area contributed by atoms with Gasteiger partial charge in [0.15, 0.2) is 5.78 Å². The Morgan fingerprint density at radius 3 is 2.44 bits per heavy atom. The van der Waals surface area contributed by atoms with E-state index >= 15 is 0 Å². The first-order valence-corrected chi connectivity index (χ1v) is 8.36. The summed E-state index contributed by atoms with van der Waals surface area (Å²) in [5.74, 6) is 1.59. The highest BCUT2D eigenvalue weighted by Gasteiger charge is 2.18. The van der Waals surface area contributed by atoms with Gasteiger partial charge in [0.05, 0.1) is 19.8 Å². The van der Waals surface area contributed by atoms with Gasteiger partial charge in [0.25, 0.3) is 0 Å². The molecule has 3 aromatic rings. The lowest BCUT2D eigenvalue weighted by Gasteiger charge is -2.13. The van der Waals surface area contributed by atoms with Crippen LogP contribution in [0.15, 0.2) is 45.6 Å². The molecule has 0 saturated heterocycles. The third kappa shape index (κ3) is 3.65. The number of carbonyl (C=O) groups is 1. The number of rotatable bonds is 6. The highest BCUT2D eigenvalue weighted by atomic mass is 16.5. The van der Waals surface area contributed by atoms with E-state index in [4.69, 9.17) is 18.6 Å². The maximum Gasteiger partial charge on any atom is 0.344 e. The third-order valence-corrected chi connectivity index (χ3v) is 4.25. The molecule has 3 rings (SSSR count). The summed E-state index contributed by atoms with van der Waals surface area (Å²) >= 11 is 0. The number of ketones is 1. The molecular weight excluding hydrogens is 348 g/mol. The van der Waals surface area contributed by atoms with Crippen LogP contribution in [0.2, 0.25) is 0 Å². The van der Waals surface area contributed by atoms with Gasteiger partial charge in [-0.3, -0.25) is 4.79 Å². The van der Waals surface area contributed by atoms with E-state index in [0.29, 0.717) is 34.0 Å². The van der Waals surface area contributed by atoms with Crippen molar-refractivity contribution in [1.82, 2.24) is 0 Å². The molecular formula is C21H20O6. The minimum atomic E-state index is -0.469. The van der Waals surface area contributed by atoms with Crippen LogP contribution in [0.4, 0.5) is 0 Å². The minimum Gasteiger partial charge on any atom is -0.497 e. The van der Waals surface area contributed by atoms with Crippen LogP contribution in [-0.2, 0) is 4.79 Å². The quantitative estimate of drug-likeness (QED) is 0.617. The van der Waals surface area contributed by atoms with Crippen molar-refractivity contribution in [3.05, 3.63) is 52.4 Å². The summed E-state index contributed by atoms with van der Waals surface area (Å²) in [5.41, 5.74) is 1.67. The number of carbonyl (C=O) groups excluding carboxylic acids is 1. The fourth-order valence-electron chi connectivity index (χ4n) is 2.93. The molecule has 0 aliphatic rings. The predicted octanol–water partition coefficient (Wildman–Crippen LogP) is 3.75. The lowest BCUT2D eigenvalue weighted by Crippen LogP contribution is -2.08. The Hall–Kier alpha value is -3.28. The van der Waals surface area contributed by atoms with E-state index in [1.165, 1.54) is 14.0 Å². The molecule has 0 atom stereocenters. The van der Waals surface area contributed by atoms with Gasteiger partial charge in [-0.1, -0.05) is 0 Å². The first kappa shape index (κ1) is 18.5. The van der Waals surface area contributed by atoms with Crippen molar-refractivity contribution >= 4 is 16.8 Å². The van der Waals surface area contributed by atoms with Gasteiger partial charge in [-0.05, 0) is 55.8 Å². The summed E-state index contributed by atoms with van der Waals surface area (Å²) in [4.78, 5) is 23.8. The number of hydrogen-bond donors (Lipinski definition) is 0. The molecule has 140 valence electrons. The van der Waals surface area contributed by atoms with Crippen molar-refractivity contribution in [2.24, 2.45) is 0 Å². The molecule has 0 unspecified atom stereocenters. The number of ether oxygens (including phenoxy) is 3. The lowest BCUT2D eigenvalue weighted by atomic mass is 9.98. The monoisotopic (exact) mass is 368 g/mol.